The Morgan fingerprint density at radius 3 is 2.61 bits per heavy atom. The molecule has 0 saturated carbocycles. The van der Waals surface area contributed by atoms with Crippen molar-refractivity contribution in [1.82, 2.24) is 15.1 Å². The average molecular weight is 432 g/mol. The Labute approximate surface area is 186 Å². The summed E-state index contributed by atoms with van der Waals surface area (Å²) in [6.07, 6.45) is 1.47. The average Bonchev–Trinajstić information content (AvgIpc) is 2.67. The highest BCUT2D eigenvalue weighted by Crippen LogP contribution is 2.21. The van der Waals surface area contributed by atoms with Gasteiger partial charge in [-0.2, -0.15) is 0 Å². The zero-order valence-corrected chi connectivity index (χ0v) is 19.3. The van der Waals surface area contributed by atoms with Crippen LogP contribution in [0.4, 0.5) is 4.79 Å². The van der Waals surface area contributed by atoms with Crippen molar-refractivity contribution < 1.29 is 19.1 Å². The van der Waals surface area contributed by atoms with E-state index in [0.29, 0.717) is 19.6 Å². The number of benzene rings is 1. The number of amides is 2. The van der Waals surface area contributed by atoms with Crippen molar-refractivity contribution in [3.05, 3.63) is 35.9 Å². The van der Waals surface area contributed by atoms with Gasteiger partial charge in [-0.1, -0.05) is 30.3 Å². The number of morpholine rings is 1. The van der Waals surface area contributed by atoms with Crippen LogP contribution >= 0.6 is 0 Å². The fourth-order valence-corrected chi connectivity index (χ4v) is 4.28. The van der Waals surface area contributed by atoms with Crippen LogP contribution in [0.15, 0.2) is 30.3 Å². The lowest BCUT2D eigenvalue weighted by Gasteiger charge is -2.38. The highest BCUT2D eigenvalue weighted by atomic mass is 16.6. The van der Waals surface area contributed by atoms with Crippen LogP contribution in [0, 0.1) is 0 Å². The zero-order valence-electron chi connectivity index (χ0n) is 19.3. The Bertz CT molecular complexity index is 734. The number of rotatable bonds is 5. The predicted molar refractivity (Wildman–Crippen MR) is 120 cm³/mol. The molecular weight excluding hydrogens is 394 g/mol. The molecule has 7 nitrogen and oxygen atoms in total. The molecule has 172 valence electrons. The van der Waals surface area contributed by atoms with Crippen LogP contribution in [0.2, 0.25) is 0 Å². The third-order valence-electron chi connectivity index (χ3n) is 5.75. The molecule has 1 aromatic carbocycles. The summed E-state index contributed by atoms with van der Waals surface area (Å²) in [6.45, 7) is 11.4. The SMILES string of the molecule is C[C@@H]1C[C@H](NC(=O)C[C@H]2CN(Cc3ccccc3)CCO2)CCN1C(=O)OC(C)(C)C. The van der Waals surface area contributed by atoms with Crippen molar-refractivity contribution in [1.29, 1.82) is 0 Å². The van der Waals surface area contributed by atoms with Crippen LogP contribution in [-0.4, -0.2) is 71.8 Å². The minimum absolute atomic E-state index is 0.0227. The van der Waals surface area contributed by atoms with E-state index >= 15 is 0 Å². The Balaban J connectivity index is 1.42. The molecule has 2 saturated heterocycles. The maximum Gasteiger partial charge on any atom is 0.410 e. The number of nitrogens with one attached hydrogen (secondary N) is 1. The molecule has 0 unspecified atom stereocenters. The van der Waals surface area contributed by atoms with Crippen molar-refractivity contribution in [2.75, 3.05) is 26.2 Å². The first kappa shape index (κ1) is 23.5. The van der Waals surface area contributed by atoms with E-state index in [-0.39, 0.29) is 30.2 Å². The van der Waals surface area contributed by atoms with Gasteiger partial charge in [-0.3, -0.25) is 9.69 Å². The Hall–Kier alpha value is -2.12. The maximum atomic E-state index is 12.6. The van der Waals surface area contributed by atoms with Crippen molar-refractivity contribution in [3.63, 3.8) is 0 Å². The summed E-state index contributed by atoms with van der Waals surface area (Å²) in [5, 5.41) is 3.15. The number of hydrogen-bond donors (Lipinski definition) is 1. The van der Waals surface area contributed by atoms with E-state index in [2.05, 4.69) is 34.5 Å². The van der Waals surface area contributed by atoms with E-state index in [0.717, 1.165) is 32.5 Å². The van der Waals surface area contributed by atoms with Crippen LogP contribution in [0.1, 0.15) is 52.5 Å². The smallest absolute Gasteiger partial charge is 0.410 e. The van der Waals surface area contributed by atoms with E-state index in [1.54, 1.807) is 4.90 Å². The highest BCUT2D eigenvalue weighted by Gasteiger charge is 2.33. The Morgan fingerprint density at radius 1 is 1.19 bits per heavy atom. The lowest BCUT2D eigenvalue weighted by Crippen LogP contribution is -2.52. The molecule has 0 bridgehead atoms. The molecule has 1 N–H and O–H groups in total. The second-order valence-electron chi connectivity index (χ2n) is 9.73. The number of carbonyl (C=O) groups is 2. The third-order valence-corrected chi connectivity index (χ3v) is 5.75. The van der Waals surface area contributed by atoms with Gasteiger partial charge in [-0.15, -0.1) is 0 Å². The van der Waals surface area contributed by atoms with Crippen LogP contribution in [0.25, 0.3) is 0 Å². The van der Waals surface area contributed by atoms with Crippen molar-refractivity contribution in [3.8, 4) is 0 Å². The molecule has 2 aliphatic rings. The third kappa shape index (κ3) is 7.51. The summed E-state index contributed by atoms with van der Waals surface area (Å²) >= 11 is 0. The molecule has 3 atom stereocenters. The summed E-state index contributed by atoms with van der Waals surface area (Å²) in [5.41, 5.74) is 0.773. The van der Waals surface area contributed by atoms with Gasteiger partial charge < -0.3 is 19.7 Å². The molecule has 7 heteroatoms. The number of nitrogens with zero attached hydrogens (tertiary/aromatic N) is 2. The molecule has 31 heavy (non-hydrogen) atoms. The normalized spacial score (nSPS) is 25.2. The number of ether oxygens (including phenoxy) is 2. The predicted octanol–water partition coefficient (Wildman–Crippen LogP) is 3.18. The van der Waals surface area contributed by atoms with Crippen LogP contribution in [-0.2, 0) is 20.8 Å². The van der Waals surface area contributed by atoms with Gasteiger partial charge in [0.05, 0.1) is 19.1 Å². The minimum Gasteiger partial charge on any atom is -0.444 e. The largest absolute Gasteiger partial charge is 0.444 e. The van der Waals surface area contributed by atoms with Crippen LogP contribution in [0.5, 0.6) is 0 Å². The first-order valence-electron chi connectivity index (χ1n) is 11.4. The van der Waals surface area contributed by atoms with E-state index < -0.39 is 5.60 Å². The molecule has 3 rings (SSSR count). The van der Waals surface area contributed by atoms with Crippen molar-refractivity contribution in [2.45, 2.75) is 77.3 Å². The second-order valence-corrected chi connectivity index (χ2v) is 9.73. The van der Waals surface area contributed by atoms with E-state index in [9.17, 15) is 9.59 Å². The molecule has 2 fully saturated rings. The highest BCUT2D eigenvalue weighted by molar-refractivity contribution is 5.77. The Morgan fingerprint density at radius 2 is 1.94 bits per heavy atom. The number of hydrogen-bond acceptors (Lipinski definition) is 5. The minimum atomic E-state index is -0.504. The van der Waals surface area contributed by atoms with Gasteiger partial charge in [0.15, 0.2) is 0 Å². The summed E-state index contributed by atoms with van der Waals surface area (Å²) in [4.78, 5) is 29.1. The van der Waals surface area contributed by atoms with Gasteiger partial charge in [0.2, 0.25) is 5.91 Å². The fourth-order valence-electron chi connectivity index (χ4n) is 4.28. The van der Waals surface area contributed by atoms with Crippen LogP contribution in [0.3, 0.4) is 0 Å². The molecule has 2 heterocycles. The molecule has 0 spiro atoms. The van der Waals surface area contributed by atoms with Gasteiger partial charge in [-0.25, -0.2) is 4.79 Å². The molecule has 2 aliphatic heterocycles. The van der Waals surface area contributed by atoms with Gasteiger partial charge in [0.25, 0.3) is 0 Å². The van der Waals surface area contributed by atoms with E-state index in [1.165, 1.54) is 5.56 Å². The quantitative estimate of drug-likeness (QED) is 0.775. The maximum absolute atomic E-state index is 12.6. The standard InChI is InChI=1S/C24H37N3O4/c1-18-14-20(10-11-27(18)23(29)31-24(2,3)4)25-22(28)15-21-17-26(12-13-30-21)16-19-8-6-5-7-9-19/h5-9,18,20-21H,10-17H2,1-4H3,(H,25,28)/t18-,20-,21+/m1/s1. The lowest BCUT2D eigenvalue weighted by atomic mass is 9.98. The van der Waals surface area contributed by atoms with Crippen molar-refractivity contribution in [2.24, 2.45) is 0 Å². The topological polar surface area (TPSA) is 71.1 Å². The second kappa shape index (κ2) is 10.5. The zero-order chi connectivity index (χ0) is 22.4. The van der Waals surface area contributed by atoms with Gasteiger partial charge in [0, 0.05) is 38.3 Å². The summed E-state index contributed by atoms with van der Waals surface area (Å²) in [7, 11) is 0. The van der Waals surface area contributed by atoms with Gasteiger partial charge >= 0.3 is 6.09 Å². The lowest BCUT2D eigenvalue weighted by molar-refractivity contribution is -0.127. The fraction of sp³-hybridized carbons (Fsp3) is 0.667. The molecule has 2 amide bonds. The summed E-state index contributed by atoms with van der Waals surface area (Å²) < 4.78 is 11.3. The number of piperidine rings is 1. The Kier molecular flexibility index (Phi) is 7.94. The number of carbonyl (C=O) groups excluding carboxylic acids is 2. The molecule has 0 aliphatic carbocycles. The van der Waals surface area contributed by atoms with Crippen molar-refractivity contribution >= 4 is 12.0 Å². The van der Waals surface area contributed by atoms with Gasteiger partial charge in [0.1, 0.15) is 5.60 Å². The molecular formula is C24H37N3O4. The molecule has 0 aromatic heterocycles. The summed E-state index contributed by atoms with van der Waals surface area (Å²) in [5.74, 6) is 0.0227. The first-order chi connectivity index (χ1) is 14.7. The molecule has 1 aromatic rings. The first-order valence-corrected chi connectivity index (χ1v) is 11.4. The monoisotopic (exact) mass is 431 g/mol. The van der Waals surface area contributed by atoms with Crippen LogP contribution < -0.4 is 5.32 Å². The van der Waals surface area contributed by atoms with E-state index in [1.807, 2.05) is 33.8 Å². The van der Waals surface area contributed by atoms with E-state index in [4.69, 9.17) is 9.47 Å². The summed E-state index contributed by atoms with van der Waals surface area (Å²) in [6, 6.07) is 10.5. The molecule has 0 radical (unpaired) electrons. The van der Waals surface area contributed by atoms with Gasteiger partial charge in [-0.05, 0) is 46.1 Å². The number of likely N-dealkylation sites (tertiary alicyclic amines) is 1.